The summed E-state index contributed by atoms with van der Waals surface area (Å²) in [5.74, 6) is 0.971. The van der Waals surface area contributed by atoms with Gasteiger partial charge in [0.1, 0.15) is 12.5 Å². The number of hydrogen-bond donors (Lipinski definition) is 4. The predicted octanol–water partition coefficient (Wildman–Crippen LogP) is 1.52. The summed E-state index contributed by atoms with van der Waals surface area (Å²) in [5.41, 5.74) is 7.40. The van der Waals surface area contributed by atoms with Gasteiger partial charge in [0.15, 0.2) is 0 Å². The van der Waals surface area contributed by atoms with Crippen molar-refractivity contribution in [3.05, 3.63) is 60.2 Å². The first-order valence-electron chi connectivity index (χ1n) is 11.6. The van der Waals surface area contributed by atoms with Crippen LogP contribution in [0.1, 0.15) is 22.7 Å². The summed E-state index contributed by atoms with van der Waals surface area (Å²) in [5, 5.41) is 2.74. The fourth-order valence-corrected chi connectivity index (χ4v) is 3.78. The molecule has 1 saturated heterocycles. The van der Waals surface area contributed by atoms with Crippen LogP contribution in [0.15, 0.2) is 54.6 Å². The second-order valence-corrected chi connectivity index (χ2v) is 8.53. The minimum atomic E-state index is -0.548. The zero-order valence-corrected chi connectivity index (χ0v) is 22.4. The fraction of sp³-hybridized carbons (Fsp3) is 0.440. The molecule has 11 nitrogen and oxygen atoms in total. The van der Waals surface area contributed by atoms with Crippen LogP contribution in [0.2, 0.25) is 0 Å². The highest BCUT2D eigenvalue weighted by Gasteiger charge is 2.16. The summed E-state index contributed by atoms with van der Waals surface area (Å²) >= 11 is 3.76. The molecule has 8 N–H and O–H groups in total. The van der Waals surface area contributed by atoms with Crippen LogP contribution >= 0.6 is 12.8 Å². The summed E-state index contributed by atoms with van der Waals surface area (Å²) in [7, 11) is 3.58. The molecule has 1 heterocycles. The molecule has 0 spiro atoms. The molecule has 1 fully saturated rings. The van der Waals surface area contributed by atoms with E-state index in [0.717, 1.165) is 42.9 Å². The topological polar surface area (TPSA) is 172 Å². The van der Waals surface area contributed by atoms with Crippen molar-refractivity contribution in [3.8, 4) is 5.75 Å². The van der Waals surface area contributed by atoms with E-state index in [-0.39, 0.29) is 27.2 Å². The Bertz CT molecular complexity index is 900. The quantitative estimate of drug-likeness (QED) is 0.246. The van der Waals surface area contributed by atoms with Gasteiger partial charge in [0, 0.05) is 30.1 Å². The number of ether oxygens (including phenoxy) is 2. The number of rotatable bonds is 11. The van der Waals surface area contributed by atoms with E-state index in [2.05, 4.69) is 22.9 Å². The molecule has 12 heteroatoms. The number of likely N-dealkylation sites (tertiary alicyclic amines) is 1. The van der Waals surface area contributed by atoms with Crippen LogP contribution in [0, 0.1) is 0 Å². The Morgan fingerprint density at radius 3 is 2.27 bits per heavy atom. The molecule has 2 aromatic rings. The van der Waals surface area contributed by atoms with Gasteiger partial charge in [-0.1, -0.05) is 43.1 Å². The summed E-state index contributed by atoms with van der Waals surface area (Å²) in [6, 6.07) is 16.9. The van der Waals surface area contributed by atoms with Gasteiger partial charge < -0.3 is 41.3 Å². The zero-order valence-electron chi connectivity index (χ0n) is 21.5. The minimum Gasteiger partial charge on any atom is -0.497 e. The summed E-state index contributed by atoms with van der Waals surface area (Å²) in [6.07, 6.45) is 2.96. The van der Waals surface area contributed by atoms with E-state index >= 15 is 0 Å². The van der Waals surface area contributed by atoms with Crippen molar-refractivity contribution in [2.24, 2.45) is 5.73 Å². The Morgan fingerprint density at radius 1 is 1.11 bits per heavy atom. The van der Waals surface area contributed by atoms with Crippen molar-refractivity contribution in [1.29, 1.82) is 0 Å². The van der Waals surface area contributed by atoms with Crippen molar-refractivity contribution in [3.63, 3.8) is 0 Å². The molecule has 1 aliphatic rings. The second kappa shape index (κ2) is 19.1. The van der Waals surface area contributed by atoms with Gasteiger partial charge in [0.2, 0.25) is 5.91 Å². The molecule has 3 rings (SSSR count). The number of hydrogen-bond acceptors (Lipinski definition) is 7. The average Bonchev–Trinajstić information content (AvgIpc) is 3.40. The first kappa shape index (κ1) is 34.0. The minimum absolute atomic E-state index is 0. The van der Waals surface area contributed by atoms with E-state index in [1.54, 1.807) is 7.11 Å². The lowest BCUT2D eigenvalue weighted by molar-refractivity contribution is -0.128. The number of primary amides is 1. The largest absolute Gasteiger partial charge is 0.497 e. The van der Waals surface area contributed by atoms with Gasteiger partial charge in [-0.3, -0.25) is 9.52 Å². The molecular weight excluding hydrogens is 498 g/mol. The number of methoxy groups -OCH3 is 1. The number of anilines is 1. The van der Waals surface area contributed by atoms with E-state index in [0.29, 0.717) is 26.3 Å². The van der Waals surface area contributed by atoms with Crippen LogP contribution in [0.25, 0.3) is 0 Å². The van der Waals surface area contributed by atoms with Gasteiger partial charge >= 0.3 is 6.03 Å². The molecule has 0 aliphatic carbocycles. The maximum Gasteiger partial charge on any atom is 0.312 e. The number of amides is 3. The van der Waals surface area contributed by atoms with Gasteiger partial charge in [0.25, 0.3) is 0 Å². The van der Waals surface area contributed by atoms with Crippen LogP contribution < -0.4 is 25.4 Å². The molecule has 0 bridgehead atoms. The van der Waals surface area contributed by atoms with E-state index < -0.39 is 6.03 Å². The first-order chi connectivity index (χ1) is 16.9. The van der Waals surface area contributed by atoms with Crippen LogP contribution in [-0.4, -0.2) is 81.0 Å². The van der Waals surface area contributed by atoms with Gasteiger partial charge in [-0.15, -0.1) is 0 Å². The Morgan fingerprint density at radius 2 is 1.73 bits per heavy atom. The molecular formula is C25H47N5O6S. The fourth-order valence-electron chi connectivity index (χ4n) is 3.64. The maximum atomic E-state index is 11.2. The third-order valence-corrected chi connectivity index (χ3v) is 5.64. The number of urea groups is 1. The molecule has 37 heavy (non-hydrogen) atoms. The second-order valence-electron chi connectivity index (χ2n) is 8.21. The lowest BCUT2D eigenvalue weighted by atomic mass is 10.1. The normalized spacial score (nSPS) is 12.7. The average molecular weight is 546 g/mol. The van der Waals surface area contributed by atoms with E-state index in [9.17, 15) is 9.59 Å². The number of carbonyl (C=O) groups is 2. The van der Waals surface area contributed by atoms with Crippen LogP contribution in [0.5, 0.6) is 5.75 Å². The van der Waals surface area contributed by atoms with Crippen molar-refractivity contribution in [1.82, 2.24) is 14.9 Å². The Balaban J connectivity index is -0.000000372. The molecule has 0 aromatic heterocycles. The number of thiol groups is 1. The number of nitrogens with zero attached hydrogens (tertiary/aromatic N) is 2. The predicted molar refractivity (Wildman–Crippen MR) is 155 cm³/mol. The smallest absolute Gasteiger partial charge is 0.312 e. The number of carbonyl (C=O) groups excluding carboxylic acids is 2. The van der Waals surface area contributed by atoms with E-state index in [4.69, 9.17) is 15.2 Å². The van der Waals surface area contributed by atoms with Crippen LogP contribution in [0.3, 0.4) is 0 Å². The van der Waals surface area contributed by atoms with E-state index in [1.807, 2.05) is 71.4 Å². The maximum absolute atomic E-state index is 11.2. The Hall–Kier alpha value is -3.03. The van der Waals surface area contributed by atoms with Gasteiger partial charge in [-0.25, -0.2) is 4.79 Å². The van der Waals surface area contributed by atoms with Crippen molar-refractivity contribution in [2.75, 3.05) is 52.0 Å². The van der Waals surface area contributed by atoms with Crippen molar-refractivity contribution >= 4 is 30.4 Å². The third kappa shape index (κ3) is 13.2. The van der Waals surface area contributed by atoms with E-state index in [1.165, 1.54) is 0 Å². The standard InChI is InChI=1S/C19H25N3O3.C6H12N2OS.2H2O.3H2/c1-22(17-8-10-18(24-2)11-9-17)14-25-13-16(21-19(20)23)12-15-6-4-3-5-7-15;9-6(5-7-10)8-3-1-2-4-8;;;;;/h3-11,16H,12-14H2,1-2H3,(H3,20,21,23);7,10H,1-5H2;2*1H2;3*1H/t16-;;;;;;/m0....../s1. The van der Waals surface area contributed by atoms with Gasteiger partial charge in [0.05, 0.1) is 26.3 Å². The molecule has 214 valence electrons. The number of nitrogens with two attached hydrogens (primary N) is 1. The van der Waals surface area contributed by atoms with Crippen LogP contribution in [-0.2, 0) is 16.0 Å². The highest BCUT2D eigenvalue weighted by molar-refractivity contribution is 7.78. The molecule has 3 amide bonds. The first-order valence-corrected chi connectivity index (χ1v) is 12.0. The SMILES string of the molecule is COc1ccc(N(C)COC[C@H](Cc2ccccc2)NC(N)=O)cc1.O.O.O=C(CNS)N1CCCC1.[HH].[HH].[HH]. The highest BCUT2D eigenvalue weighted by atomic mass is 32.1. The molecule has 0 radical (unpaired) electrons. The Kier molecular flexibility index (Phi) is 17.6. The third-order valence-electron chi connectivity index (χ3n) is 5.48. The summed E-state index contributed by atoms with van der Waals surface area (Å²) in [6.45, 7) is 2.97. The van der Waals surface area contributed by atoms with Crippen molar-refractivity contribution in [2.45, 2.75) is 25.3 Å². The highest BCUT2D eigenvalue weighted by Crippen LogP contribution is 2.18. The zero-order chi connectivity index (χ0) is 25.5. The molecule has 1 atom stereocenters. The van der Waals surface area contributed by atoms with Gasteiger partial charge in [-0.2, -0.15) is 0 Å². The number of nitrogens with one attached hydrogen (secondary N) is 2. The molecule has 2 aromatic carbocycles. The monoisotopic (exact) mass is 545 g/mol. The van der Waals surface area contributed by atoms with Gasteiger partial charge in [-0.05, 0) is 49.1 Å². The van der Waals surface area contributed by atoms with Crippen molar-refractivity contribution < 1.29 is 34.3 Å². The Labute approximate surface area is 228 Å². The number of benzene rings is 2. The lowest BCUT2D eigenvalue weighted by Gasteiger charge is -2.22. The lowest BCUT2D eigenvalue weighted by Crippen LogP contribution is -2.43. The molecule has 1 aliphatic heterocycles. The summed E-state index contributed by atoms with van der Waals surface area (Å²) < 4.78 is 13.5. The summed E-state index contributed by atoms with van der Waals surface area (Å²) in [4.78, 5) is 26.1. The molecule has 0 saturated carbocycles. The van der Waals surface area contributed by atoms with Crippen LogP contribution in [0.4, 0.5) is 10.5 Å². The molecule has 0 unspecified atom stereocenters.